The number of hydrogen-bond acceptors (Lipinski definition) is 9. The van der Waals surface area contributed by atoms with Gasteiger partial charge in [-0.15, -0.1) is 0 Å². The Hall–Kier alpha value is -5.28. The van der Waals surface area contributed by atoms with Gasteiger partial charge < -0.3 is 50.5 Å². The van der Waals surface area contributed by atoms with Gasteiger partial charge in [0.05, 0.1) is 12.3 Å². The average molecular weight is 717 g/mol. The number of allylic oxidation sites excluding steroid dienone is 2. The molecule has 2 aromatic heterocycles. The van der Waals surface area contributed by atoms with Crippen molar-refractivity contribution in [1.29, 1.82) is 0 Å². The van der Waals surface area contributed by atoms with Crippen molar-refractivity contribution in [3.8, 4) is 0 Å². The topological polar surface area (TPSA) is 223 Å². The summed E-state index contributed by atoms with van der Waals surface area (Å²) in [7, 11) is 0. The van der Waals surface area contributed by atoms with Crippen LogP contribution in [0, 0.1) is 13.8 Å². The number of aromatic amines is 2. The first-order chi connectivity index (χ1) is 24.6. The number of nitrogens with one attached hydrogen (secondary N) is 4. The number of aromatic nitrogens is 2. The molecule has 2 amide bonds. The van der Waals surface area contributed by atoms with Crippen LogP contribution in [-0.4, -0.2) is 85.4 Å². The van der Waals surface area contributed by atoms with Gasteiger partial charge in [0.1, 0.15) is 18.3 Å². The summed E-state index contributed by atoms with van der Waals surface area (Å²) < 4.78 is 10.6. The van der Waals surface area contributed by atoms with E-state index in [2.05, 4.69) is 33.8 Å². The fourth-order valence-electron chi connectivity index (χ4n) is 6.68. The number of H-pyrrole nitrogens is 2. The second kappa shape index (κ2) is 15.5. The minimum absolute atomic E-state index is 0.118. The molecule has 5 heterocycles. The Balaban J connectivity index is 1.52. The first-order valence-electron chi connectivity index (χ1n) is 16.9. The summed E-state index contributed by atoms with van der Waals surface area (Å²) >= 11 is 0. The molecule has 8 N–H and O–H groups in total. The molecule has 0 aliphatic carbocycles. The number of hydrogen-bond donors (Lipinski definition) is 8. The zero-order valence-corrected chi connectivity index (χ0v) is 29.5. The van der Waals surface area contributed by atoms with Crippen LogP contribution in [0.25, 0.3) is 12.2 Å². The van der Waals surface area contributed by atoms with E-state index in [1.807, 2.05) is 20.8 Å². The van der Waals surface area contributed by atoms with Gasteiger partial charge in [-0.05, 0) is 80.5 Å². The molecule has 0 aromatic carbocycles. The van der Waals surface area contributed by atoms with E-state index < -0.39 is 36.5 Å². The van der Waals surface area contributed by atoms with Crippen LogP contribution in [-0.2, 0) is 47.9 Å². The maximum atomic E-state index is 13.0. The zero-order chi connectivity index (χ0) is 38.0. The Kier molecular flexibility index (Phi) is 11.3. The molecule has 0 spiro atoms. The number of ether oxygens (including phenoxy) is 2. The van der Waals surface area contributed by atoms with Crippen LogP contribution < -0.4 is 10.6 Å². The lowest BCUT2D eigenvalue weighted by atomic mass is 9.98. The molecule has 3 aliphatic heterocycles. The number of amides is 2. The van der Waals surface area contributed by atoms with E-state index in [4.69, 9.17) is 9.47 Å². The number of esters is 1. The standard InChI is InChI=1S/C38H44N4O10/c1-7-21-20(6)36(49)42-28(21)14-26-18(4)23(9-11-32(44)45)29(40-26)15-30-24(10-12-33(46)52-38-35(48)34(47)31(43)16-51-38)19(5)25(39-30)13-27-17(3)22(8-2)37(50)41-27/h7-8,13-14,31,34-35,38-40,43,47-48H,1-2,9-12,15-16H2,3-6H3,(H,41,50)(H,42,49)(H,44,45)/b27-13-,28-14-/t31-,34+,35-,38+/m1/s1. The predicted molar refractivity (Wildman–Crippen MR) is 190 cm³/mol. The van der Waals surface area contributed by atoms with Gasteiger partial charge in [-0.1, -0.05) is 25.3 Å². The minimum atomic E-state index is -1.63. The number of carbonyl (C=O) groups is 4. The Morgan fingerprint density at radius 3 is 1.92 bits per heavy atom. The van der Waals surface area contributed by atoms with E-state index in [1.165, 1.54) is 6.08 Å². The molecule has 1 saturated heterocycles. The van der Waals surface area contributed by atoms with E-state index >= 15 is 0 Å². The summed E-state index contributed by atoms with van der Waals surface area (Å²) in [6.45, 7) is 14.5. The van der Waals surface area contributed by atoms with Crippen molar-refractivity contribution in [1.82, 2.24) is 20.6 Å². The summed E-state index contributed by atoms with van der Waals surface area (Å²) in [4.78, 5) is 56.5. The van der Waals surface area contributed by atoms with Crippen LogP contribution in [0.5, 0.6) is 0 Å². The van der Waals surface area contributed by atoms with Gasteiger partial charge in [0.2, 0.25) is 6.29 Å². The fraction of sp³-hybridized carbons (Fsp3) is 0.368. The largest absolute Gasteiger partial charge is 0.481 e. The number of carbonyl (C=O) groups excluding carboxylic acids is 3. The summed E-state index contributed by atoms with van der Waals surface area (Å²) in [5.41, 5.74) is 9.48. The van der Waals surface area contributed by atoms with Crippen LogP contribution in [0.4, 0.5) is 0 Å². The van der Waals surface area contributed by atoms with Crippen LogP contribution in [0.3, 0.4) is 0 Å². The third-order valence-electron chi connectivity index (χ3n) is 9.81. The van der Waals surface area contributed by atoms with Gasteiger partial charge in [0.15, 0.2) is 0 Å². The predicted octanol–water partition coefficient (Wildman–Crippen LogP) is 2.43. The second-order valence-corrected chi connectivity index (χ2v) is 13.1. The van der Waals surface area contributed by atoms with Crippen LogP contribution in [0.1, 0.15) is 71.7 Å². The van der Waals surface area contributed by atoms with Gasteiger partial charge in [-0.2, -0.15) is 0 Å². The van der Waals surface area contributed by atoms with Crippen molar-refractivity contribution in [3.05, 3.63) is 104 Å². The van der Waals surface area contributed by atoms with E-state index in [0.717, 1.165) is 33.5 Å². The van der Waals surface area contributed by atoms with Gasteiger partial charge in [0, 0.05) is 64.5 Å². The number of carboxylic acids is 1. The molecule has 0 bridgehead atoms. The highest BCUT2D eigenvalue weighted by Gasteiger charge is 2.40. The lowest BCUT2D eigenvalue weighted by Crippen LogP contribution is -2.54. The van der Waals surface area contributed by atoms with Crippen molar-refractivity contribution in [3.63, 3.8) is 0 Å². The van der Waals surface area contributed by atoms with E-state index in [0.29, 0.717) is 45.2 Å². The second-order valence-electron chi connectivity index (χ2n) is 13.1. The van der Waals surface area contributed by atoms with Crippen LogP contribution >= 0.6 is 0 Å². The van der Waals surface area contributed by atoms with Gasteiger partial charge in [-0.3, -0.25) is 19.2 Å². The van der Waals surface area contributed by atoms with Crippen molar-refractivity contribution in [2.75, 3.05) is 6.61 Å². The third-order valence-corrected chi connectivity index (χ3v) is 9.81. The first-order valence-corrected chi connectivity index (χ1v) is 16.9. The molecule has 52 heavy (non-hydrogen) atoms. The number of aliphatic hydroxyl groups excluding tert-OH is 3. The molecule has 3 aliphatic rings. The molecule has 14 heteroatoms. The zero-order valence-electron chi connectivity index (χ0n) is 29.5. The van der Waals surface area contributed by atoms with Crippen molar-refractivity contribution < 1.29 is 49.1 Å². The van der Waals surface area contributed by atoms with Crippen molar-refractivity contribution >= 4 is 35.9 Å². The molecule has 0 unspecified atom stereocenters. The van der Waals surface area contributed by atoms with E-state index in [-0.39, 0.29) is 50.5 Å². The van der Waals surface area contributed by atoms with Crippen LogP contribution in [0.2, 0.25) is 0 Å². The van der Waals surface area contributed by atoms with Crippen molar-refractivity contribution in [2.24, 2.45) is 0 Å². The van der Waals surface area contributed by atoms with Gasteiger partial charge in [-0.25, -0.2) is 0 Å². The number of aliphatic carboxylic acids is 1. The lowest BCUT2D eigenvalue weighted by molar-refractivity contribution is -0.262. The molecular weight excluding hydrogens is 672 g/mol. The average Bonchev–Trinajstić information content (AvgIpc) is 3.74. The van der Waals surface area contributed by atoms with E-state index in [1.54, 1.807) is 25.2 Å². The molecule has 14 nitrogen and oxygen atoms in total. The molecule has 1 fully saturated rings. The number of aliphatic hydroxyl groups is 3. The molecule has 276 valence electrons. The fourth-order valence-corrected chi connectivity index (χ4v) is 6.68. The number of rotatable bonds is 13. The highest BCUT2D eigenvalue weighted by Crippen LogP contribution is 2.32. The summed E-state index contributed by atoms with van der Waals surface area (Å²) in [6, 6.07) is 0. The third kappa shape index (κ3) is 7.65. The quantitative estimate of drug-likeness (QED) is 0.141. The highest BCUT2D eigenvalue weighted by molar-refractivity contribution is 6.03. The molecule has 0 radical (unpaired) electrons. The summed E-state index contributed by atoms with van der Waals surface area (Å²) in [6.07, 6.45) is 1.21. The molecular formula is C38H44N4O10. The highest BCUT2D eigenvalue weighted by atomic mass is 16.7. The maximum absolute atomic E-state index is 13.0. The van der Waals surface area contributed by atoms with Crippen molar-refractivity contribution in [2.45, 2.75) is 84.4 Å². The Bertz CT molecular complexity index is 1970. The first kappa shape index (κ1) is 38.0. The normalized spacial score (nSPS) is 23.4. The molecule has 2 aromatic rings. The maximum Gasteiger partial charge on any atom is 0.308 e. The SMILES string of the molecule is C=CC1=C(C)/C(=C/c2[nH]c(Cc3[nH]c(/C=C4\NC(=O)C(C)=C4C=C)c(C)c3CCC(=O)O)c(CCC(=O)O[C@@H]3OC[C@@H](O)[C@H](O)[C@H]3O)c2C)NC1=O. The number of carboxylic acid groups (broad SMARTS) is 1. The smallest absolute Gasteiger partial charge is 0.308 e. The van der Waals surface area contributed by atoms with Gasteiger partial charge >= 0.3 is 11.9 Å². The summed E-state index contributed by atoms with van der Waals surface area (Å²) in [5.74, 6) is -2.17. The Morgan fingerprint density at radius 2 is 1.37 bits per heavy atom. The Morgan fingerprint density at radius 1 is 0.808 bits per heavy atom. The van der Waals surface area contributed by atoms with E-state index in [9.17, 15) is 39.6 Å². The molecule has 5 rings (SSSR count). The molecule has 4 atom stereocenters. The lowest BCUT2D eigenvalue weighted by Gasteiger charge is -2.34. The molecule has 0 saturated carbocycles. The Labute approximate surface area is 300 Å². The van der Waals surface area contributed by atoms with Gasteiger partial charge in [0.25, 0.3) is 11.8 Å². The summed E-state index contributed by atoms with van der Waals surface area (Å²) in [5, 5.41) is 45.3. The monoisotopic (exact) mass is 716 g/mol. The minimum Gasteiger partial charge on any atom is -0.481 e. The van der Waals surface area contributed by atoms with Crippen LogP contribution in [0.15, 0.2) is 59.0 Å².